The van der Waals surface area contributed by atoms with E-state index in [-0.39, 0.29) is 17.7 Å². The van der Waals surface area contributed by atoms with Crippen molar-refractivity contribution in [2.75, 3.05) is 0 Å². The van der Waals surface area contributed by atoms with Crippen LogP contribution in [0.2, 0.25) is 0 Å². The SMILES string of the molecule is Cc1cccc(C)c1CN1C(=O)C[C@H](Cc2cnn(C)c2)C1=O. The molecular weight excluding hydrogens is 290 g/mol. The highest BCUT2D eigenvalue weighted by Gasteiger charge is 2.38. The summed E-state index contributed by atoms with van der Waals surface area (Å²) in [4.78, 5) is 26.3. The van der Waals surface area contributed by atoms with Crippen LogP contribution in [0.5, 0.6) is 0 Å². The zero-order valence-corrected chi connectivity index (χ0v) is 13.7. The van der Waals surface area contributed by atoms with Gasteiger partial charge in [-0.15, -0.1) is 0 Å². The second kappa shape index (κ2) is 5.99. The van der Waals surface area contributed by atoms with Gasteiger partial charge < -0.3 is 0 Å². The molecule has 1 aromatic carbocycles. The van der Waals surface area contributed by atoms with E-state index in [4.69, 9.17) is 0 Å². The Bertz CT molecular complexity index is 743. The standard InChI is InChI=1S/C18H21N3O2/c1-12-5-4-6-13(2)16(12)11-21-17(22)8-15(18(21)23)7-14-9-19-20(3)10-14/h4-6,9-10,15H,7-8,11H2,1-3H3/t15-/m0/s1. The molecule has 0 aliphatic carbocycles. The fourth-order valence-corrected chi connectivity index (χ4v) is 3.20. The molecule has 23 heavy (non-hydrogen) atoms. The summed E-state index contributed by atoms with van der Waals surface area (Å²) in [5.74, 6) is -0.413. The molecule has 3 rings (SSSR count). The monoisotopic (exact) mass is 311 g/mol. The fourth-order valence-electron chi connectivity index (χ4n) is 3.20. The van der Waals surface area contributed by atoms with E-state index in [1.165, 1.54) is 4.90 Å². The lowest BCUT2D eigenvalue weighted by molar-refractivity contribution is -0.140. The number of hydrogen-bond donors (Lipinski definition) is 0. The van der Waals surface area contributed by atoms with E-state index in [9.17, 15) is 9.59 Å². The van der Waals surface area contributed by atoms with Gasteiger partial charge in [0.05, 0.1) is 18.7 Å². The van der Waals surface area contributed by atoms with Crippen molar-refractivity contribution in [3.05, 3.63) is 52.8 Å². The number of rotatable bonds is 4. The van der Waals surface area contributed by atoms with Crippen LogP contribution in [-0.4, -0.2) is 26.5 Å². The van der Waals surface area contributed by atoms with Gasteiger partial charge in [0.25, 0.3) is 0 Å². The predicted octanol–water partition coefficient (Wildman–Crippen LogP) is 2.15. The molecule has 1 aliphatic rings. The van der Waals surface area contributed by atoms with Gasteiger partial charge in [0, 0.05) is 19.7 Å². The van der Waals surface area contributed by atoms with Crippen LogP contribution in [0.15, 0.2) is 30.6 Å². The number of amides is 2. The second-order valence-electron chi connectivity index (χ2n) is 6.32. The Hall–Kier alpha value is -2.43. The highest BCUT2D eigenvalue weighted by Crippen LogP contribution is 2.26. The lowest BCUT2D eigenvalue weighted by Crippen LogP contribution is -2.31. The average Bonchev–Trinajstić information content (AvgIpc) is 3.01. The average molecular weight is 311 g/mol. The predicted molar refractivity (Wildman–Crippen MR) is 86.5 cm³/mol. The Balaban J connectivity index is 1.76. The summed E-state index contributed by atoms with van der Waals surface area (Å²) in [6.45, 7) is 4.40. The number of imide groups is 1. The summed E-state index contributed by atoms with van der Waals surface area (Å²) in [5.41, 5.74) is 4.28. The lowest BCUT2D eigenvalue weighted by Gasteiger charge is -2.18. The van der Waals surface area contributed by atoms with Crippen LogP contribution < -0.4 is 0 Å². The lowest BCUT2D eigenvalue weighted by atomic mass is 10.00. The van der Waals surface area contributed by atoms with Crippen LogP contribution in [0.3, 0.4) is 0 Å². The number of aromatic nitrogens is 2. The highest BCUT2D eigenvalue weighted by molar-refractivity contribution is 6.03. The number of carbonyl (C=O) groups is 2. The van der Waals surface area contributed by atoms with E-state index in [0.717, 1.165) is 22.3 Å². The van der Waals surface area contributed by atoms with Crippen molar-refractivity contribution in [2.24, 2.45) is 13.0 Å². The van der Waals surface area contributed by atoms with Crippen LogP contribution in [0.1, 0.15) is 28.7 Å². The molecule has 120 valence electrons. The zero-order chi connectivity index (χ0) is 16.6. The third-order valence-corrected chi connectivity index (χ3v) is 4.54. The van der Waals surface area contributed by atoms with Crippen molar-refractivity contribution < 1.29 is 9.59 Å². The summed E-state index contributed by atoms with van der Waals surface area (Å²) in [5, 5.41) is 4.12. The van der Waals surface area contributed by atoms with Gasteiger partial charge in [-0.1, -0.05) is 18.2 Å². The van der Waals surface area contributed by atoms with Crippen molar-refractivity contribution in [1.29, 1.82) is 0 Å². The molecule has 1 saturated heterocycles. The van der Waals surface area contributed by atoms with Gasteiger partial charge in [0.2, 0.25) is 11.8 Å². The van der Waals surface area contributed by atoms with E-state index >= 15 is 0 Å². The Morgan fingerprint density at radius 3 is 2.52 bits per heavy atom. The number of nitrogens with zero attached hydrogens (tertiary/aromatic N) is 3. The maximum Gasteiger partial charge on any atom is 0.233 e. The number of benzene rings is 1. The number of likely N-dealkylation sites (tertiary alicyclic amines) is 1. The molecule has 1 fully saturated rings. The molecule has 0 N–H and O–H groups in total. The Labute approximate surface area is 135 Å². The van der Waals surface area contributed by atoms with Crippen molar-refractivity contribution in [2.45, 2.75) is 33.2 Å². The molecule has 1 aliphatic heterocycles. The van der Waals surface area contributed by atoms with Crippen molar-refractivity contribution in [1.82, 2.24) is 14.7 Å². The van der Waals surface area contributed by atoms with E-state index in [1.807, 2.05) is 45.3 Å². The van der Waals surface area contributed by atoms with Crippen LogP contribution in [0, 0.1) is 19.8 Å². The van der Waals surface area contributed by atoms with Crippen molar-refractivity contribution in [3.63, 3.8) is 0 Å². The first-order chi connectivity index (χ1) is 11.0. The third kappa shape index (κ3) is 3.04. The third-order valence-electron chi connectivity index (χ3n) is 4.54. The topological polar surface area (TPSA) is 55.2 Å². The first-order valence-electron chi connectivity index (χ1n) is 7.82. The fraction of sp³-hybridized carbons (Fsp3) is 0.389. The summed E-state index contributed by atoms with van der Waals surface area (Å²) in [6, 6.07) is 6.02. The molecule has 2 heterocycles. The van der Waals surface area contributed by atoms with Gasteiger partial charge in [-0.05, 0) is 42.5 Å². The smallest absolute Gasteiger partial charge is 0.233 e. The molecule has 0 unspecified atom stereocenters. The number of aryl methyl sites for hydroxylation is 3. The van der Waals surface area contributed by atoms with Crippen LogP contribution in [0.4, 0.5) is 0 Å². The highest BCUT2D eigenvalue weighted by atomic mass is 16.2. The molecule has 0 spiro atoms. The zero-order valence-electron chi connectivity index (χ0n) is 13.7. The molecule has 0 bridgehead atoms. The van der Waals surface area contributed by atoms with Gasteiger partial charge in [0.1, 0.15) is 0 Å². The second-order valence-corrected chi connectivity index (χ2v) is 6.32. The molecule has 2 amide bonds. The van der Waals surface area contributed by atoms with Crippen molar-refractivity contribution in [3.8, 4) is 0 Å². The maximum absolute atomic E-state index is 12.6. The summed E-state index contributed by atoms with van der Waals surface area (Å²) in [7, 11) is 1.85. The minimum Gasteiger partial charge on any atom is -0.278 e. The molecule has 1 aromatic heterocycles. The van der Waals surface area contributed by atoms with Gasteiger partial charge in [-0.2, -0.15) is 5.10 Å². The molecule has 5 nitrogen and oxygen atoms in total. The largest absolute Gasteiger partial charge is 0.278 e. The van der Waals surface area contributed by atoms with E-state index in [1.54, 1.807) is 10.9 Å². The first kappa shape index (κ1) is 15.5. The van der Waals surface area contributed by atoms with Gasteiger partial charge in [0.15, 0.2) is 0 Å². The number of hydrogen-bond acceptors (Lipinski definition) is 3. The Morgan fingerprint density at radius 1 is 1.22 bits per heavy atom. The molecule has 0 radical (unpaired) electrons. The Kier molecular flexibility index (Phi) is 4.03. The van der Waals surface area contributed by atoms with E-state index in [0.29, 0.717) is 19.4 Å². The quantitative estimate of drug-likeness (QED) is 0.813. The van der Waals surface area contributed by atoms with Gasteiger partial charge >= 0.3 is 0 Å². The molecule has 0 saturated carbocycles. The van der Waals surface area contributed by atoms with Gasteiger partial charge in [-0.3, -0.25) is 19.2 Å². The summed E-state index contributed by atoms with van der Waals surface area (Å²) >= 11 is 0. The first-order valence-corrected chi connectivity index (χ1v) is 7.82. The van der Waals surface area contributed by atoms with Crippen LogP contribution >= 0.6 is 0 Å². The van der Waals surface area contributed by atoms with Gasteiger partial charge in [-0.25, -0.2) is 0 Å². The minimum absolute atomic E-state index is 0.0680. The number of carbonyl (C=O) groups excluding carboxylic acids is 2. The molecule has 5 heteroatoms. The van der Waals surface area contributed by atoms with Crippen molar-refractivity contribution >= 4 is 11.8 Å². The van der Waals surface area contributed by atoms with Crippen LogP contribution in [0.25, 0.3) is 0 Å². The summed E-state index contributed by atoms with van der Waals surface area (Å²) < 4.78 is 1.71. The molecule has 1 atom stereocenters. The normalized spacial score (nSPS) is 18.0. The van der Waals surface area contributed by atoms with E-state index < -0.39 is 0 Å². The molecule has 2 aromatic rings. The maximum atomic E-state index is 12.6. The van der Waals surface area contributed by atoms with Crippen LogP contribution in [-0.2, 0) is 29.6 Å². The van der Waals surface area contributed by atoms with E-state index in [2.05, 4.69) is 5.10 Å². The Morgan fingerprint density at radius 2 is 1.91 bits per heavy atom. The molecular formula is C18H21N3O2. The summed E-state index contributed by atoms with van der Waals surface area (Å²) in [6.07, 6.45) is 4.51. The minimum atomic E-state index is -0.268.